The molecule has 0 saturated heterocycles. The molecule has 3 nitrogen and oxygen atoms in total. The van der Waals surface area contributed by atoms with E-state index in [2.05, 4.69) is 32.7 Å². The minimum absolute atomic E-state index is 0.786. The van der Waals surface area contributed by atoms with Gasteiger partial charge in [0.05, 0.1) is 5.52 Å². The molecule has 1 aromatic carbocycles. The number of hydrogen-bond acceptors (Lipinski definition) is 3. The van der Waals surface area contributed by atoms with Gasteiger partial charge in [-0.15, -0.1) is 0 Å². The summed E-state index contributed by atoms with van der Waals surface area (Å²) in [6.07, 6.45) is 1.79. The molecule has 0 fully saturated rings. The van der Waals surface area contributed by atoms with Crippen molar-refractivity contribution in [1.29, 1.82) is 0 Å². The van der Waals surface area contributed by atoms with Crippen molar-refractivity contribution in [3.8, 4) is 11.3 Å². The Bertz CT molecular complexity index is 643. The monoisotopic (exact) mass is 322 g/mol. The quantitative estimate of drug-likeness (QED) is 0.644. The second-order valence-electron chi connectivity index (χ2n) is 3.39. The molecule has 16 heavy (non-hydrogen) atoms. The molecule has 3 aromatic rings. The summed E-state index contributed by atoms with van der Waals surface area (Å²) in [7, 11) is 0. The van der Waals surface area contributed by atoms with Gasteiger partial charge in [-0.3, -0.25) is 4.98 Å². The van der Waals surface area contributed by atoms with Crippen molar-refractivity contribution in [2.24, 2.45) is 0 Å². The zero-order valence-corrected chi connectivity index (χ0v) is 10.4. The van der Waals surface area contributed by atoms with Crippen molar-refractivity contribution in [3.63, 3.8) is 0 Å². The lowest BCUT2D eigenvalue weighted by Crippen LogP contribution is -1.83. The van der Waals surface area contributed by atoms with E-state index in [0.717, 1.165) is 25.9 Å². The van der Waals surface area contributed by atoms with Gasteiger partial charge < -0.3 is 4.52 Å². The van der Waals surface area contributed by atoms with E-state index in [1.54, 1.807) is 6.20 Å². The van der Waals surface area contributed by atoms with Crippen LogP contribution in [0.25, 0.3) is 22.2 Å². The molecule has 0 spiro atoms. The molecule has 0 aliphatic rings. The fourth-order valence-electron chi connectivity index (χ4n) is 1.70. The Morgan fingerprint density at radius 1 is 1.12 bits per heavy atom. The number of rotatable bonds is 1. The van der Waals surface area contributed by atoms with E-state index in [9.17, 15) is 0 Å². The smallest absolute Gasteiger partial charge is 0.196 e. The van der Waals surface area contributed by atoms with E-state index in [1.165, 1.54) is 0 Å². The number of benzene rings is 1. The molecule has 78 valence electrons. The molecule has 3 rings (SSSR count). The van der Waals surface area contributed by atoms with Crippen molar-refractivity contribution < 1.29 is 4.52 Å². The third kappa shape index (κ3) is 1.59. The van der Waals surface area contributed by atoms with Crippen LogP contribution in [-0.4, -0.2) is 10.1 Å². The minimum atomic E-state index is 0.786. The summed E-state index contributed by atoms with van der Waals surface area (Å²) >= 11 is 2.11. The lowest BCUT2D eigenvalue weighted by molar-refractivity contribution is 0.400. The second kappa shape index (κ2) is 3.86. The van der Waals surface area contributed by atoms with Gasteiger partial charge in [-0.05, 0) is 12.1 Å². The maximum absolute atomic E-state index is 5.08. The average molecular weight is 322 g/mol. The van der Waals surface area contributed by atoms with E-state index < -0.39 is 0 Å². The predicted molar refractivity (Wildman–Crippen MR) is 70.0 cm³/mol. The predicted octanol–water partition coefficient (Wildman–Crippen LogP) is 3.49. The Morgan fingerprint density at radius 3 is 2.81 bits per heavy atom. The first-order valence-electron chi connectivity index (χ1n) is 4.81. The molecular formula is C12H7IN2O. The Morgan fingerprint density at radius 2 is 2.00 bits per heavy atom. The molecule has 0 atom stereocenters. The number of pyridine rings is 1. The number of halogens is 1. The van der Waals surface area contributed by atoms with Crippen LogP contribution in [0.15, 0.2) is 47.1 Å². The molecule has 0 bridgehead atoms. The lowest BCUT2D eigenvalue weighted by Gasteiger charge is -2.01. The van der Waals surface area contributed by atoms with E-state index >= 15 is 0 Å². The Labute approximate surface area is 106 Å². The van der Waals surface area contributed by atoms with E-state index in [4.69, 9.17) is 4.52 Å². The van der Waals surface area contributed by atoms with Crippen LogP contribution >= 0.6 is 22.6 Å². The standard InChI is InChI=1S/C12H7IN2O/c13-12-7-11(15-16-12)9-5-6-14-10-4-2-1-3-8(9)10/h1-7H. The SMILES string of the molecule is Ic1cc(-c2ccnc3ccccc23)no1. The topological polar surface area (TPSA) is 38.9 Å². The zero-order valence-electron chi connectivity index (χ0n) is 8.22. The summed E-state index contributed by atoms with van der Waals surface area (Å²) in [4.78, 5) is 4.31. The first-order valence-corrected chi connectivity index (χ1v) is 5.89. The maximum Gasteiger partial charge on any atom is 0.196 e. The van der Waals surface area contributed by atoms with Crippen LogP contribution in [0.1, 0.15) is 0 Å². The molecular weight excluding hydrogens is 315 g/mol. The number of para-hydroxylation sites is 1. The number of nitrogens with zero attached hydrogens (tertiary/aromatic N) is 2. The van der Waals surface area contributed by atoms with Crippen LogP contribution in [0.2, 0.25) is 0 Å². The minimum Gasteiger partial charge on any atom is -0.350 e. The summed E-state index contributed by atoms with van der Waals surface area (Å²) in [6.45, 7) is 0. The molecule has 0 radical (unpaired) electrons. The molecule has 2 heterocycles. The molecule has 0 amide bonds. The van der Waals surface area contributed by atoms with Gasteiger partial charge in [-0.25, -0.2) is 0 Å². The highest BCUT2D eigenvalue weighted by atomic mass is 127. The number of fused-ring (bicyclic) bond motifs is 1. The van der Waals surface area contributed by atoms with Crippen LogP contribution in [0.3, 0.4) is 0 Å². The van der Waals surface area contributed by atoms with Crippen molar-refractivity contribution >= 4 is 33.5 Å². The summed E-state index contributed by atoms with van der Waals surface area (Å²) in [5.74, 6) is 0. The van der Waals surface area contributed by atoms with E-state index in [-0.39, 0.29) is 0 Å². The van der Waals surface area contributed by atoms with Gasteiger partial charge in [0.2, 0.25) is 0 Å². The van der Waals surface area contributed by atoms with Gasteiger partial charge in [-0.2, -0.15) is 0 Å². The number of aromatic nitrogens is 2. The van der Waals surface area contributed by atoms with Gasteiger partial charge in [0.25, 0.3) is 0 Å². The van der Waals surface area contributed by atoms with Crippen LogP contribution in [-0.2, 0) is 0 Å². The van der Waals surface area contributed by atoms with E-state index in [1.807, 2.05) is 36.4 Å². The molecule has 0 saturated carbocycles. The lowest BCUT2D eigenvalue weighted by atomic mass is 10.1. The zero-order chi connectivity index (χ0) is 11.0. The molecule has 0 aliphatic carbocycles. The van der Waals surface area contributed by atoms with Crippen LogP contribution in [0.5, 0.6) is 0 Å². The molecule has 4 heteroatoms. The summed E-state index contributed by atoms with van der Waals surface area (Å²) in [6, 6.07) is 11.9. The van der Waals surface area contributed by atoms with Crippen LogP contribution in [0, 0.1) is 3.77 Å². The van der Waals surface area contributed by atoms with Gasteiger partial charge in [0.1, 0.15) is 5.69 Å². The highest BCUT2D eigenvalue weighted by molar-refractivity contribution is 14.1. The molecule has 0 unspecified atom stereocenters. The highest BCUT2D eigenvalue weighted by Crippen LogP contribution is 2.26. The first-order chi connectivity index (χ1) is 7.84. The highest BCUT2D eigenvalue weighted by Gasteiger charge is 2.08. The van der Waals surface area contributed by atoms with Crippen LogP contribution < -0.4 is 0 Å². The molecule has 0 N–H and O–H groups in total. The summed E-state index contributed by atoms with van der Waals surface area (Å²) < 4.78 is 5.87. The fourth-order valence-corrected chi connectivity index (χ4v) is 2.09. The average Bonchev–Trinajstić information content (AvgIpc) is 2.75. The van der Waals surface area contributed by atoms with Gasteiger partial charge in [-0.1, -0.05) is 23.4 Å². The van der Waals surface area contributed by atoms with Gasteiger partial charge in [0.15, 0.2) is 3.77 Å². The maximum atomic E-state index is 5.08. The Hall–Kier alpha value is -1.43. The van der Waals surface area contributed by atoms with Crippen molar-refractivity contribution in [2.75, 3.05) is 0 Å². The van der Waals surface area contributed by atoms with E-state index in [0.29, 0.717) is 0 Å². The molecule has 2 aromatic heterocycles. The molecule has 0 aliphatic heterocycles. The summed E-state index contributed by atoms with van der Waals surface area (Å²) in [5, 5.41) is 5.12. The van der Waals surface area contributed by atoms with Gasteiger partial charge >= 0.3 is 0 Å². The van der Waals surface area contributed by atoms with Crippen molar-refractivity contribution in [1.82, 2.24) is 10.1 Å². The van der Waals surface area contributed by atoms with Crippen molar-refractivity contribution in [2.45, 2.75) is 0 Å². The van der Waals surface area contributed by atoms with Crippen molar-refractivity contribution in [3.05, 3.63) is 46.4 Å². The fraction of sp³-hybridized carbons (Fsp3) is 0. The second-order valence-corrected chi connectivity index (χ2v) is 4.46. The van der Waals surface area contributed by atoms with Crippen LogP contribution in [0.4, 0.5) is 0 Å². The first kappa shape index (κ1) is 9.77. The van der Waals surface area contributed by atoms with Gasteiger partial charge in [0, 0.05) is 45.8 Å². The Balaban J connectivity index is 2.31. The Kier molecular flexibility index (Phi) is 2.36. The largest absolute Gasteiger partial charge is 0.350 e. The number of hydrogen-bond donors (Lipinski definition) is 0. The third-order valence-electron chi connectivity index (χ3n) is 2.41. The summed E-state index contributed by atoms with van der Waals surface area (Å²) in [5.41, 5.74) is 2.87. The third-order valence-corrected chi connectivity index (χ3v) is 2.91. The normalized spacial score (nSPS) is 10.8.